The second kappa shape index (κ2) is 4.47. The summed E-state index contributed by atoms with van der Waals surface area (Å²) in [5.74, 6) is -0.00102. The maximum absolute atomic E-state index is 11.8. The number of β-lactam (4-membered cyclic amide) rings is 1. The van der Waals surface area contributed by atoms with Crippen LogP contribution in [0, 0.1) is 10.1 Å². The van der Waals surface area contributed by atoms with E-state index in [0.717, 1.165) is 4.88 Å². The number of nitro groups is 1. The number of hydrogen-bond donors (Lipinski definition) is 0. The zero-order valence-electron chi connectivity index (χ0n) is 9.85. The molecule has 1 atom stereocenters. The topological polar surface area (TPSA) is 63.5 Å². The van der Waals surface area contributed by atoms with E-state index in [0.29, 0.717) is 12.1 Å². The monoisotopic (exact) mass is 274 g/mol. The molecule has 19 heavy (non-hydrogen) atoms. The van der Waals surface area contributed by atoms with Crippen LogP contribution in [0.4, 0.5) is 11.4 Å². The Morgan fingerprint density at radius 3 is 2.79 bits per heavy atom. The van der Waals surface area contributed by atoms with Gasteiger partial charge in [0.1, 0.15) is 0 Å². The molecule has 1 saturated heterocycles. The zero-order valence-corrected chi connectivity index (χ0v) is 10.7. The van der Waals surface area contributed by atoms with Gasteiger partial charge in [-0.25, -0.2) is 0 Å². The highest BCUT2D eigenvalue weighted by atomic mass is 32.1. The van der Waals surface area contributed by atoms with Gasteiger partial charge < -0.3 is 4.90 Å². The molecule has 2 aromatic rings. The summed E-state index contributed by atoms with van der Waals surface area (Å²) in [6, 6.07) is 10.1. The predicted octanol–water partition coefficient (Wildman–Crippen LogP) is 3.13. The minimum atomic E-state index is -0.450. The van der Waals surface area contributed by atoms with Crippen molar-refractivity contribution >= 4 is 28.6 Å². The second-order valence-corrected chi connectivity index (χ2v) is 5.26. The number of anilines is 1. The second-order valence-electron chi connectivity index (χ2n) is 4.28. The van der Waals surface area contributed by atoms with Crippen LogP contribution in [-0.2, 0) is 4.79 Å². The number of nitro benzene ring substituents is 1. The van der Waals surface area contributed by atoms with Gasteiger partial charge in [-0.05, 0) is 17.5 Å². The summed E-state index contributed by atoms with van der Waals surface area (Å²) in [5.41, 5.74) is 0.589. The summed E-state index contributed by atoms with van der Waals surface area (Å²) in [4.78, 5) is 24.8. The molecule has 1 amide bonds. The molecule has 96 valence electrons. The number of rotatable bonds is 3. The highest BCUT2D eigenvalue weighted by Gasteiger charge is 2.39. The highest BCUT2D eigenvalue weighted by molar-refractivity contribution is 7.10. The van der Waals surface area contributed by atoms with E-state index in [1.807, 2.05) is 17.5 Å². The third kappa shape index (κ3) is 2.00. The summed E-state index contributed by atoms with van der Waals surface area (Å²) in [5, 5.41) is 12.7. The Balaban J connectivity index is 1.94. The Hall–Kier alpha value is -2.21. The molecule has 1 aliphatic rings. The van der Waals surface area contributed by atoms with Crippen LogP contribution >= 0.6 is 11.3 Å². The maximum Gasteiger partial charge on any atom is 0.271 e. The first kappa shape index (κ1) is 11.9. The number of carbonyl (C=O) groups excluding carboxylic acids is 1. The number of nitrogens with zero attached hydrogens (tertiary/aromatic N) is 2. The molecule has 1 aromatic carbocycles. The molecule has 0 bridgehead atoms. The minimum Gasteiger partial charge on any atom is -0.303 e. The van der Waals surface area contributed by atoms with Crippen molar-refractivity contribution < 1.29 is 9.72 Å². The van der Waals surface area contributed by atoms with Crippen LogP contribution in [-0.4, -0.2) is 10.8 Å². The predicted molar refractivity (Wildman–Crippen MR) is 72.3 cm³/mol. The zero-order chi connectivity index (χ0) is 13.4. The van der Waals surface area contributed by atoms with Gasteiger partial charge >= 0.3 is 0 Å². The van der Waals surface area contributed by atoms with E-state index < -0.39 is 4.92 Å². The van der Waals surface area contributed by atoms with Crippen molar-refractivity contribution in [2.75, 3.05) is 4.90 Å². The fraction of sp³-hybridized carbons (Fsp3) is 0.154. The van der Waals surface area contributed by atoms with Crippen molar-refractivity contribution in [1.82, 2.24) is 0 Å². The number of hydrogen-bond acceptors (Lipinski definition) is 4. The van der Waals surface area contributed by atoms with Gasteiger partial charge in [0.25, 0.3) is 5.69 Å². The number of thiophene rings is 1. The summed E-state index contributed by atoms with van der Waals surface area (Å²) >= 11 is 1.59. The van der Waals surface area contributed by atoms with Crippen LogP contribution in [0.25, 0.3) is 0 Å². The van der Waals surface area contributed by atoms with E-state index >= 15 is 0 Å². The van der Waals surface area contributed by atoms with Gasteiger partial charge in [-0.3, -0.25) is 14.9 Å². The van der Waals surface area contributed by atoms with Crippen LogP contribution in [0.15, 0.2) is 41.8 Å². The van der Waals surface area contributed by atoms with E-state index in [1.54, 1.807) is 28.4 Å². The molecule has 0 aliphatic carbocycles. The molecule has 6 heteroatoms. The molecule has 1 aliphatic heterocycles. The Morgan fingerprint density at radius 1 is 1.32 bits per heavy atom. The first-order valence-corrected chi connectivity index (χ1v) is 6.64. The van der Waals surface area contributed by atoms with Gasteiger partial charge in [0.2, 0.25) is 5.91 Å². The SMILES string of the molecule is O=C1CC(c2cccs2)N1c1cccc([N+](=O)[O-])c1. The van der Waals surface area contributed by atoms with Crippen molar-refractivity contribution in [3.05, 3.63) is 56.8 Å². The van der Waals surface area contributed by atoms with Crippen molar-refractivity contribution in [2.45, 2.75) is 12.5 Å². The fourth-order valence-electron chi connectivity index (χ4n) is 2.21. The van der Waals surface area contributed by atoms with E-state index in [4.69, 9.17) is 0 Å². The lowest BCUT2D eigenvalue weighted by Gasteiger charge is -2.39. The summed E-state index contributed by atoms with van der Waals surface area (Å²) in [6.07, 6.45) is 0.462. The number of benzene rings is 1. The lowest BCUT2D eigenvalue weighted by molar-refractivity contribution is -0.384. The van der Waals surface area contributed by atoms with Crippen molar-refractivity contribution in [3.8, 4) is 0 Å². The lowest BCUT2D eigenvalue weighted by atomic mass is 9.99. The van der Waals surface area contributed by atoms with E-state index in [1.165, 1.54) is 12.1 Å². The lowest BCUT2D eigenvalue weighted by Crippen LogP contribution is -2.46. The van der Waals surface area contributed by atoms with Crippen molar-refractivity contribution in [3.63, 3.8) is 0 Å². The Morgan fingerprint density at radius 2 is 2.16 bits per heavy atom. The first-order valence-electron chi connectivity index (χ1n) is 5.77. The molecule has 0 N–H and O–H groups in total. The quantitative estimate of drug-likeness (QED) is 0.490. The Bertz CT molecular complexity index is 639. The molecule has 0 saturated carbocycles. The van der Waals surface area contributed by atoms with Crippen LogP contribution in [0.1, 0.15) is 17.3 Å². The van der Waals surface area contributed by atoms with Gasteiger partial charge in [-0.2, -0.15) is 0 Å². The molecular formula is C13H10N2O3S. The summed E-state index contributed by atoms with van der Waals surface area (Å²) in [7, 11) is 0. The Kier molecular flexibility index (Phi) is 2.79. The average molecular weight is 274 g/mol. The first-order chi connectivity index (χ1) is 9.16. The summed E-state index contributed by atoms with van der Waals surface area (Å²) < 4.78 is 0. The van der Waals surface area contributed by atoms with Gasteiger partial charge in [-0.1, -0.05) is 12.1 Å². The molecular weight excluding hydrogens is 264 g/mol. The van der Waals surface area contributed by atoms with E-state index in [-0.39, 0.29) is 17.6 Å². The van der Waals surface area contributed by atoms with Crippen LogP contribution < -0.4 is 4.90 Å². The van der Waals surface area contributed by atoms with Crippen LogP contribution in [0.5, 0.6) is 0 Å². The minimum absolute atomic E-state index is 0.00102. The smallest absolute Gasteiger partial charge is 0.271 e. The van der Waals surface area contributed by atoms with Gasteiger partial charge in [-0.15, -0.1) is 11.3 Å². The van der Waals surface area contributed by atoms with Gasteiger partial charge in [0, 0.05) is 17.0 Å². The average Bonchev–Trinajstić information content (AvgIpc) is 2.89. The maximum atomic E-state index is 11.8. The van der Waals surface area contributed by atoms with Crippen LogP contribution in [0.3, 0.4) is 0 Å². The molecule has 1 unspecified atom stereocenters. The fourth-order valence-corrected chi connectivity index (χ4v) is 3.02. The van der Waals surface area contributed by atoms with Gasteiger partial charge in [0.15, 0.2) is 0 Å². The molecule has 2 heterocycles. The Labute approximate surface area is 113 Å². The number of carbonyl (C=O) groups is 1. The standard InChI is InChI=1S/C13H10N2O3S/c16-13-8-11(12-5-2-6-19-12)14(13)9-3-1-4-10(7-9)15(17)18/h1-7,11H,8H2. The van der Waals surface area contributed by atoms with E-state index in [2.05, 4.69) is 0 Å². The largest absolute Gasteiger partial charge is 0.303 e. The van der Waals surface area contributed by atoms with Gasteiger partial charge in [0.05, 0.1) is 23.1 Å². The molecule has 1 aromatic heterocycles. The molecule has 0 spiro atoms. The molecule has 1 fully saturated rings. The van der Waals surface area contributed by atoms with Crippen LogP contribution in [0.2, 0.25) is 0 Å². The number of amides is 1. The third-order valence-corrected chi connectivity index (χ3v) is 4.11. The number of non-ortho nitro benzene ring substituents is 1. The van der Waals surface area contributed by atoms with Crippen molar-refractivity contribution in [1.29, 1.82) is 0 Å². The molecule has 3 rings (SSSR count). The molecule has 0 radical (unpaired) electrons. The van der Waals surface area contributed by atoms with Crippen molar-refractivity contribution in [2.24, 2.45) is 0 Å². The third-order valence-electron chi connectivity index (χ3n) is 3.14. The van der Waals surface area contributed by atoms with E-state index in [9.17, 15) is 14.9 Å². The molecule has 5 nitrogen and oxygen atoms in total. The summed E-state index contributed by atoms with van der Waals surface area (Å²) in [6.45, 7) is 0. The highest BCUT2D eigenvalue weighted by Crippen LogP contribution is 2.41. The normalized spacial score (nSPS) is 18.2.